The predicted octanol–water partition coefficient (Wildman–Crippen LogP) is 5.31. The van der Waals surface area contributed by atoms with Crippen molar-refractivity contribution in [2.24, 2.45) is 0 Å². The number of amides is 1. The van der Waals surface area contributed by atoms with Crippen LogP contribution in [0, 0.1) is 0 Å². The second-order valence-electron chi connectivity index (χ2n) is 6.45. The molecule has 0 aliphatic carbocycles. The van der Waals surface area contributed by atoms with Crippen LogP contribution >= 0.6 is 0 Å². The number of rotatable bonds is 7. The molecular weight excluding hydrogens is 338 g/mol. The van der Waals surface area contributed by atoms with Gasteiger partial charge in [-0.2, -0.15) is 0 Å². The molecule has 3 aromatic rings. The molecule has 0 unspecified atom stereocenters. The molecule has 0 bridgehead atoms. The molecule has 0 aromatic heterocycles. The van der Waals surface area contributed by atoms with Crippen molar-refractivity contribution in [2.45, 2.75) is 26.6 Å². The van der Waals surface area contributed by atoms with Crippen LogP contribution in [-0.4, -0.2) is 12.0 Å². The topological polar surface area (TPSA) is 47.6 Å². The van der Waals surface area contributed by atoms with Gasteiger partial charge in [0.15, 0.2) is 0 Å². The molecule has 0 aliphatic rings. The zero-order valence-corrected chi connectivity index (χ0v) is 15.5. The Hall–Kier alpha value is -3.27. The molecule has 138 valence electrons. The minimum absolute atomic E-state index is 0.100. The molecule has 4 nitrogen and oxygen atoms in total. The van der Waals surface area contributed by atoms with Crippen LogP contribution in [-0.2, 0) is 6.61 Å². The summed E-state index contributed by atoms with van der Waals surface area (Å²) in [6, 6.07) is 24.4. The van der Waals surface area contributed by atoms with Gasteiger partial charge < -0.3 is 14.8 Å². The highest BCUT2D eigenvalue weighted by Crippen LogP contribution is 2.20. The average molecular weight is 361 g/mol. The lowest BCUT2D eigenvalue weighted by atomic mass is 10.2. The molecule has 0 heterocycles. The fraction of sp³-hybridized carbons (Fsp3) is 0.174. The van der Waals surface area contributed by atoms with Crippen molar-refractivity contribution >= 4 is 11.6 Å². The number of hydrogen-bond donors (Lipinski definition) is 1. The Labute approximate surface area is 159 Å². The van der Waals surface area contributed by atoms with Crippen molar-refractivity contribution in [3.8, 4) is 11.5 Å². The third-order valence-corrected chi connectivity index (χ3v) is 3.83. The molecule has 3 aromatic carbocycles. The first-order valence-corrected chi connectivity index (χ1v) is 8.95. The lowest BCUT2D eigenvalue weighted by molar-refractivity contribution is 0.102. The van der Waals surface area contributed by atoms with E-state index in [4.69, 9.17) is 9.47 Å². The number of anilines is 1. The summed E-state index contributed by atoms with van der Waals surface area (Å²) in [5.41, 5.74) is 2.35. The highest BCUT2D eigenvalue weighted by Gasteiger charge is 2.08. The molecule has 0 saturated heterocycles. The predicted molar refractivity (Wildman–Crippen MR) is 107 cm³/mol. The van der Waals surface area contributed by atoms with Crippen molar-refractivity contribution in [1.82, 2.24) is 0 Å². The number of carbonyl (C=O) groups excluding carboxylic acids is 1. The van der Waals surface area contributed by atoms with Gasteiger partial charge in [-0.1, -0.05) is 36.4 Å². The highest BCUT2D eigenvalue weighted by molar-refractivity contribution is 6.04. The summed E-state index contributed by atoms with van der Waals surface area (Å²) in [7, 11) is 0. The van der Waals surface area contributed by atoms with E-state index >= 15 is 0 Å². The molecule has 1 amide bonds. The maximum atomic E-state index is 12.4. The van der Waals surface area contributed by atoms with Crippen LogP contribution in [0.5, 0.6) is 11.5 Å². The SMILES string of the molecule is CC(C)Oc1ccc(C(=O)Nc2cccc(OCc3ccccc3)c2)cc1. The standard InChI is InChI=1S/C23H23NO3/c1-17(2)27-21-13-11-19(12-14-21)23(25)24-20-9-6-10-22(15-20)26-16-18-7-4-3-5-8-18/h3-15,17H,16H2,1-2H3,(H,24,25). The molecule has 27 heavy (non-hydrogen) atoms. The van der Waals surface area contributed by atoms with Crippen LogP contribution < -0.4 is 14.8 Å². The molecule has 3 rings (SSSR count). The first kappa shape index (κ1) is 18.5. The van der Waals surface area contributed by atoms with E-state index in [0.29, 0.717) is 23.6 Å². The summed E-state index contributed by atoms with van der Waals surface area (Å²) >= 11 is 0. The maximum Gasteiger partial charge on any atom is 0.255 e. The van der Waals surface area contributed by atoms with Gasteiger partial charge in [-0.15, -0.1) is 0 Å². The first-order chi connectivity index (χ1) is 13.1. The summed E-state index contributed by atoms with van der Waals surface area (Å²) in [6.45, 7) is 4.41. The van der Waals surface area contributed by atoms with E-state index in [1.807, 2.05) is 68.4 Å². The van der Waals surface area contributed by atoms with Crippen molar-refractivity contribution in [1.29, 1.82) is 0 Å². The third-order valence-electron chi connectivity index (χ3n) is 3.83. The highest BCUT2D eigenvalue weighted by atomic mass is 16.5. The van der Waals surface area contributed by atoms with Gasteiger partial charge in [0.2, 0.25) is 0 Å². The van der Waals surface area contributed by atoms with E-state index in [0.717, 1.165) is 11.3 Å². The smallest absolute Gasteiger partial charge is 0.255 e. The van der Waals surface area contributed by atoms with Crippen LogP contribution in [0.3, 0.4) is 0 Å². The summed E-state index contributed by atoms with van der Waals surface area (Å²) < 4.78 is 11.4. The molecule has 0 saturated carbocycles. The van der Waals surface area contributed by atoms with Gasteiger partial charge >= 0.3 is 0 Å². The summed E-state index contributed by atoms with van der Waals surface area (Å²) in [4.78, 5) is 12.4. The normalized spacial score (nSPS) is 10.5. The van der Waals surface area contributed by atoms with E-state index in [9.17, 15) is 4.79 Å². The average Bonchev–Trinajstić information content (AvgIpc) is 2.67. The van der Waals surface area contributed by atoms with Gasteiger partial charge in [-0.25, -0.2) is 0 Å². The number of nitrogens with one attached hydrogen (secondary N) is 1. The van der Waals surface area contributed by atoms with E-state index < -0.39 is 0 Å². The number of carbonyl (C=O) groups is 1. The number of benzene rings is 3. The summed E-state index contributed by atoms with van der Waals surface area (Å²) in [5.74, 6) is 1.28. The fourth-order valence-corrected chi connectivity index (χ4v) is 2.56. The van der Waals surface area contributed by atoms with Gasteiger partial charge in [-0.05, 0) is 55.8 Å². The second-order valence-corrected chi connectivity index (χ2v) is 6.45. The Kier molecular flexibility index (Phi) is 6.10. The summed E-state index contributed by atoms with van der Waals surface area (Å²) in [6.07, 6.45) is 0.100. The second kappa shape index (κ2) is 8.90. The van der Waals surface area contributed by atoms with Crippen LogP contribution in [0.15, 0.2) is 78.9 Å². The first-order valence-electron chi connectivity index (χ1n) is 8.95. The number of ether oxygens (including phenoxy) is 2. The van der Waals surface area contributed by atoms with Crippen molar-refractivity contribution in [3.63, 3.8) is 0 Å². The third kappa shape index (κ3) is 5.61. The fourth-order valence-electron chi connectivity index (χ4n) is 2.56. The van der Waals surface area contributed by atoms with Gasteiger partial charge in [0.05, 0.1) is 6.10 Å². The Morgan fingerprint density at radius 1 is 0.889 bits per heavy atom. The van der Waals surface area contributed by atoms with Gasteiger partial charge in [0.1, 0.15) is 18.1 Å². The Balaban J connectivity index is 1.60. The van der Waals surface area contributed by atoms with Gasteiger partial charge in [-0.3, -0.25) is 4.79 Å². The molecule has 1 N–H and O–H groups in total. The van der Waals surface area contributed by atoms with E-state index in [-0.39, 0.29) is 12.0 Å². The monoisotopic (exact) mass is 361 g/mol. The van der Waals surface area contributed by atoms with Gasteiger partial charge in [0.25, 0.3) is 5.91 Å². The Bertz CT molecular complexity index is 874. The number of hydrogen-bond acceptors (Lipinski definition) is 3. The maximum absolute atomic E-state index is 12.4. The molecular formula is C23H23NO3. The van der Waals surface area contributed by atoms with Crippen LogP contribution in [0.25, 0.3) is 0 Å². The zero-order valence-electron chi connectivity index (χ0n) is 15.5. The lowest BCUT2D eigenvalue weighted by Crippen LogP contribution is -2.12. The largest absolute Gasteiger partial charge is 0.491 e. The Morgan fingerprint density at radius 2 is 1.63 bits per heavy atom. The minimum atomic E-state index is -0.175. The van der Waals surface area contributed by atoms with E-state index in [1.165, 1.54) is 0 Å². The molecule has 0 fully saturated rings. The van der Waals surface area contributed by atoms with Crippen molar-refractivity contribution in [3.05, 3.63) is 90.0 Å². The van der Waals surface area contributed by atoms with Crippen molar-refractivity contribution in [2.75, 3.05) is 5.32 Å². The van der Waals surface area contributed by atoms with Crippen LogP contribution in [0.2, 0.25) is 0 Å². The minimum Gasteiger partial charge on any atom is -0.491 e. The molecule has 0 aliphatic heterocycles. The zero-order chi connectivity index (χ0) is 19.1. The quantitative estimate of drug-likeness (QED) is 0.621. The van der Waals surface area contributed by atoms with Crippen LogP contribution in [0.4, 0.5) is 5.69 Å². The molecule has 0 spiro atoms. The van der Waals surface area contributed by atoms with Gasteiger partial charge in [0, 0.05) is 17.3 Å². The van der Waals surface area contributed by atoms with E-state index in [2.05, 4.69) is 5.32 Å². The molecule has 4 heteroatoms. The van der Waals surface area contributed by atoms with E-state index in [1.54, 1.807) is 24.3 Å². The lowest BCUT2D eigenvalue weighted by Gasteiger charge is -2.11. The molecule has 0 radical (unpaired) electrons. The van der Waals surface area contributed by atoms with Crippen LogP contribution in [0.1, 0.15) is 29.8 Å². The van der Waals surface area contributed by atoms with Crippen molar-refractivity contribution < 1.29 is 14.3 Å². The Morgan fingerprint density at radius 3 is 2.33 bits per heavy atom. The molecule has 0 atom stereocenters. The summed E-state index contributed by atoms with van der Waals surface area (Å²) in [5, 5.41) is 2.90.